The summed E-state index contributed by atoms with van der Waals surface area (Å²) < 4.78 is 23.7. The molecule has 9 nitrogen and oxygen atoms in total. The Hall–Kier alpha value is -2.49. The third kappa shape index (κ3) is 4.37. The van der Waals surface area contributed by atoms with E-state index < -0.39 is 22.7 Å². The summed E-state index contributed by atoms with van der Waals surface area (Å²) in [5.74, 6) is -0.0542. The molecule has 9 heteroatoms. The van der Waals surface area contributed by atoms with Crippen LogP contribution in [-0.4, -0.2) is 54.2 Å². The molecule has 2 heterocycles. The first-order valence-electron chi connectivity index (χ1n) is 10.9. The van der Waals surface area contributed by atoms with Crippen LogP contribution in [0.3, 0.4) is 0 Å². The molecule has 1 saturated carbocycles. The lowest BCUT2D eigenvalue weighted by atomic mass is 9.68. The Morgan fingerprint density at radius 2 is 2.03 bits per heavy atom. The smallest absolute Gasteiger partial charge is 0.411 e. The first kappa shape index (κ1) is 22.7. The van der Waals surface area contributed by atoms with Gasteiger partial charge in [-0.15, -0.1) is 0 Å². The van der Waals surface area contributed by atoms with Crippen molar-refractivity contribution < 1.29 is 28.7 Å². The number of rotatable bonds is 7. The van der Waals surface area contributed by atoms with Gasteiger partial charge in [0.1, 0.15) is 23.4 Å². The summed E-state index contributed by atoms with van der Waals surface area (Å²) >= 11 is 0. The Labute approximate surface area is 187 Å². The van der Waals surface area contributed by atoms with Gasteiger partial charge in [-0.25, -0.2) is 4.79 Å². The van der Waals surface area contributed by atoms with Gasteiger partial charge in [-0.2, -0.15) is 0 Å². The lowest BCUT2D eigenvalue weighted by Crippen LogP contribution is -2.55. The van der Waals surface area contributed by atoms with Gasteiger partial charge < -0.3 is 18.9 Å². The second kappa shape index (κ2) is 8.46. The van der Waals surface area contributed by atoms with Crippen LogP contribution in [0.5, 0.6) is 0 Å². The van der Waals surface area contributed by atoms with Crippen LogP contribution in [0, 0.1) is 16.0 Å². The zero-order chi connectivity index (χ0) is 23.1. The maximum Gasteiger partial charge on any atom is 0.411 e. The Balaban J connectivity index is 1.44. The molecule has 1 amide bonds. The number of nitrogens with zero attached hydrogens (tertiary/aromatic N) is 1. The van der Waals surface area contributed by atoms with Crippen molar-refractivity contribution in [3.05, 3.63) is 46.0 Å². The Kier molecular flexibility index (Phi) is 6.00. The van der Waals surface area contributed by atoms with Crippen molar-refractivity contribution in [2.45, 2.75) is 69.5 Å². The number of carbonyl (C=O) groups is 1. The van der Waals surface area contributed by atoms with Crippen molar-refractivity contribution >= 4 is 17.5 Å². The molecule has 0 bridgehead atoms. The quantitative estimate of drug-likeness (QED) is 0.288. The molecule has 6 unspecified atom stereocenters. The van der Waals surface area contributed by atoms with Gasteiger partial charge in [0.2, 0.25) is 0 Å². The number of allylic oxidation sites excluding steroid dienone is 1. The highest BCUT2D eigenvalue weighted by Gasteiger charge is 2.72. The van der Waals surface area contributed by atoms with Gasteiger partial charge in [0, 0.05) is 24.9 Å². The van der Waals surface area contributed by atoms with Crippen LogP contribution in [-0.2, 0) is 18.9 Å². The summed E-state index contributed by atoms with van der Waals surface area (Å²) in [6.45, 7) is 6.89. The van der Waals surface area contributed by atoms with Gasteiger partial charge in [0.25, 0.3) is 5.69 Å². The van der Waals surface area contributed by atoms with E-state index in [0.717, 1.165) is 12.8 Å². The minimum atomic E-state index is -0.625. The Bertz CT molecular complexity index is 907. The number of epoxide rings is 2. The molecule has 1 N–H and O–H groups in total. The van der Waals surface area contributed by atoms with E-state index in [0.29, 0.717) is 18.7 Å². The molecule has 6 atom stereocenters. The molecule has 4 rings (SSSR count). The number of hydrogen-bond acceptors (Lipinski definition) is 7. The van der Waals surface area contributed by atoms with Crippen LogP contribution in [0.1, 0.15) is 40.0 Å². The number of carbonyl (C=O) groups excluding carboxylic acids is 1. The number of non-ortho nitro benzene ring substituents is 1. The first-order valence-corrected chi connectivity index (χ1v) is 10.9. The van der Waals surface area contributed by atoms with Gasteiger partial charge in [0.15, 0.2) is 0 Å². The highest BCUT2D eigenvalue weighted by molar-refractivity contribution is 5.84. The average Bonchev–Trinajstić information content (AvgIpc) is 3.65. The zero-order valence-corrected chi connectivity index (χ0v) is 18.8. The van der Waals surface area contributed by atoms with Crippen LogP contribution >= 0.6 is 0 Å². The second-order valence-electron chi connectivity index (χ2n) is 9.25. The number of nitrogens with one attached hydrogen (secondary N) is 1. The molecule has 0 aromatic heterocycles. The number of nitro groups is 1. The molecular formula is C23H30N2O7. The fourth-order valence-electron chi connectivity index (χ4n) is 5.02. The second-order valence-corrected chi connectivity index (χ2v) is 9.25. The fourth-order valence-corrected chi connectivity index (χ4v) is 5.02. The standard InChI is InChI=1S/C23H30N2O7/c1-14(2)5-10-18-22(3,32-18)20-19(29-4)17(11-12-23(20)13-30-23)31-21(26)24-15-6-8-16(9-7-15)25(27)28/h5-9,17-20H,10-13H2,1-4H3,(H,24,26). The van der Waals surface area contributed by atoms with Gasteiger partial charge in [-0.1, -0.05) is 11.6 Å². The number of amides is 1. The molecule has 0 radical (unpaired) electrons. The summed E-state index contributed by atoms with van der Waals surface area (Å²) in [7, 11) is 1.63. The number of hydrogen-bond donors (Lipinski definition) is 1. The van der Waals surface area contributed by atoms with Gasteiger partial charge in [-0.05, 0) is 52.2 Å². The third-order valence-corrected chi connectivity index (χ3v) is 6.82. The third-order valence-electron chi connectivity index (χ3n) is 6.82. The van der Waals surface area contributed by atoms with Crippen LogP contribution in [0.25, 0.3) is 0 Å². The normalized spacial score (nSPS) is 35.1. The molecule has 2 saturated heterocycles. The van der Waals surface area contributed by atoms with Gasteiger partial charge in [0.05, 0.1) is 23.6 Å². The molecular weight excluding hydrogens is 416 g/mol. The minimum Gasteiger partial charge on any atom is -0.443 e. The molecule has 3 fully saturated rings. The van der Waals surface area contributed by atoms with Crippen LogP contribution in [0.15, 0.2) is 35.9 Å². The molecule has 174 valence electrons. The number of methoxy groups -OCH3 is 1. The number of anilines is 1. The summed E-state index contributed by atoms with van der Waals surface area (Å²) in [4.78, 5) is 22.9. The van der Waals surface area contributed by atoms with Crippen molar-refractivity contribution in [3.8, 4) is 0 Å². The molecule has 2 aliphatic heterocycles. The van der Waals surface area contributed by atoms with E-state index in [2.05, 4.69) is 32.2 Å². The van der Waals surface area contributed by atoms with Crippen molar-refractivity contribution in [2.75, 3.05) is 19.0 Å². The van der Waals surface area contributed by atoms with E-state index >= 15 is 0 Å². The summed E-state index contributed by atoms with van der Waals surface area (Å²) in [6.07, 6.45) is 3.02. The summed E-state index contributed by atoms with van der Waals surface area (Å²) in [5.41, 5.74) is 0.928. The van der Waals surface area contributed by atoms with E-state index in [-0.39, 0.29) is 29.4 Å². The van der Waals surface area contributed by atoms with Crippen LogP contribution in [0.2, 0.25) is 0 Å². The largest absolute Gasteiger partial charge is 0.443 e. The Morgan fingerprint density at radius 3 is 2.59 bits per heavy atom. The van der Waals surface area contributed by atoms with Crippen LogP contribution < -0.4 is 5.32 Å². The molecule has 1 aromatic carbocycles. The van der Waals surface area contributed by atoms with E-state index in [1.54, 1.807) is 7.11 Å². The van der Waals surface area contributed by atoms with Crippen molar-refractivity contribution in [1.82, 2.24) is 0 Å². The number of ether oxygens (including phenoxy) is 4. The van der Waals surface area contributed by atoms with Crippen LogP contribution in [0.4, 0.5) is 16.2 Å². The summed E-state index contributed by atoms with van der Waals surface area (Å²) in [6, 6.07) is 5.60. The maximum absolute atomic E-state index is 12.6. The maximum atomic E-state index is 12.6. The minimum absolute atomic E-state index is 0.0476. The number of nitro benzene ring substituents is 1. The van der Waals surface area contributed by atoms with Gasteiger partial charge >= 0.3 is 6.09 Å². The molecule has 1 aromatic rings. The van der Waals surface area contributed by atoms with E-state index in [9.17, 15) is 14.9 Å². The fraction of sp³-hybridized carbons (Fsp3) is 0.609. The summed E-state index contributed by atoms with van der Waals surface area (Å²) in [5, 5.41) is 13.4. The topological polar surface area (TPSA) is 116 Å². The lowest BCUT2D eigenvalue weighted by Gasteiger charge is -2.42. The van der Waals surface area contributed by atoms with Gasteiger partial charge in [-0.3, -0.25) is 15.4 Å². The van der Waals surface area contributed by atoms with Crippen molar-refractivity contribution in [3.63, 3.8) is 0 Å². The lowest BCUT2D eigenvalue weighted by molar-refractivity contribution is -0.384. The Morgan fingerprint density at radius 1 is 1.34 bits per heavy atom. The molecule has 1 aliphatic carbocycles. The molecule has 32 heavy (non-hydrogen) atoms. The number of benzene rings is 1. The molecule has 1 spiro atoms. The van der Waals surface area contributed by atoms with Crippen molar-refractivity contribution in [1.29, 1.82) is 0 Å². The highest BCUT2D eigenvalue weighted by atomic mass is 16.6. The van der Waals surface area contributed by atoms with E-state index in [4.69, 9.17) is 18.9 Å². The zero-order valence-electron chi connectivity index (χ0n) is 18.8. The first-order chi connectivity index (χ1) is 15.2. The van der Waals surface area contributed by atoms with E-state index in [1.807, 2.05) is 0 Å². The predicted molar refractivity (Wildman–Crippen MR) is 117 cm³/mol. The predicted octanol–water partition coefficient (Wildman–Crippen LogP) is 4.22. The van der Waals surface area contributed by atoms with E-state index in [1.165, 1.54) is 29.8 Å². The molecule has 3 aliphatic rings. The van der Waals surface area contributed by atoms with Crippen molar-refractivity contribution in [2.24, 2.45) is 5.92 Å². The average molecular weight is 447 g/mol. The monoisotopic (exact) mass is 446 g/mol. The highest BCUT2D eigenvalue weighted by Crippen LogP contribution is 2.59. The SMILES string of the molecule is COC1C(OC(=O)Nc2ccc([N+](=O)[O-])cc2)CCC2(CO2)C1C1(C)OC1CC=C(C)C.